The molecular formula is C94H60O. The summed E-state index contributed by atoms with van der Waals surface area (Å²) >= 11 is 0. The maximum absolute atomic E-state index is 6.92. The summed E-state index contributed by atoms with van der Waals surface area (Å²) in [4.78, 5) is 0. The summed E-state index contributed by atoms with van der Waals surface area (Å²) in [6.07, 6.45) is 0. The molecule has 0 fully saturated rings. The van der Waals surface area contributed by atoms with Crippen LogP contribution in [-0.2, 0) is 5.41 Å². The van der Waals surface area contributed by atoms with Gasteiger partial charge in [-0.15, -0.1) is 0 Å². The van der Waals surface area contributed by atoms with Crippen molar-refractivity contribution in [3.63, 3.8) is 0 Å². The summed E-state index contributed by atoms with van der Waals surface area (Å²) in [6.45, 7) is 6.93. The van der Waals surface area contributed by atoms with Crippen LogP contribution >= 0.6 is 0 Å². The second-order valence-corrected chi connectivity index (χ2v) is 27.4. The molecule has 20 aromatic rings. The van der Waals surface area contributed by atoms with Crippen molar-refractivity contribution in [2.24, 2.45) is 0 Å². The lowest BCUT2D eigenvalue weighted by molar-refractivity contribution is 0.591. The molecule has 1 nitrogen and oxygen atoms in total. The number of benzene rings is 19. The zero-order chi connectivity index (χ0) is 62.8. The topological polar surface area (TPSA) is 13.1 Å². The van der Waals surface area contributed by atoms with Crippen LogP contribution < -0.4 is 0 Å². The number of para-hydroxylation sites is 1. The average molecular weight is 1210 g/mol. The SMILES string of the molecule is CC(C)(C)c1cc2ccc3c(-c4ccc(-c5ccccc5)cc4)cc(-c4ccc(-c5cccc6c5oc5ccc(-c7ccc8ccc9c(-c%10ccc(-c%11ccc(-c%12ccc%13ccc%14cccc%15ccc%12c%13c%14%15)cc%11)cc%10)ccc%10ccc7c8c%109)cc56)cc4)c4ccc(c1)c2c34. The van der Waals surface area contributed by atoms with Gasteiger partial charge in [-0.1, -0.05) is 312 Å². The molecule has 442 valence electrons. The van der Waals surface area contributed by atoms with E-state index in [0.29, 0.717) is 0 Å². The summed E-state index contributed by atoms with van der Waals surface area (Å²) in [7, 11) is 0. The Bertz CT molecular complexity index is 6440. The van der Waals surface area contributed by atoms with Crippen molar-refractivity contribution in [2.45, 2.75) is 26.2 Å². The van der Waals surface area contributed by atoms with Gasteiger partial charge in [-0.05, 0) is 210 Å². The molecule has 0 radical (unpaired) electrons. The molecular weight excluding hydrogens is 1150 g/mol. The molecule has 0 aliphatic rings. The van der Waals surface area contributed by atoms with Gasteiger partial charge in [-0.25, -0.2) is 0 Å². The maximum atomic E-state index is 6.92. The molecule has 1 aromatic heterocycles. The van der Waals surface area contributed by atoms with Crippen molar-refractivity contribution in [3.05, 3.63) is 315 Å². The number of rotatable bonds is 8. The first-order chi connectivity index (χ1) is 46.7. The lowest BCUT2D eigenvalue weighted by Gasteiger charge is -2.23. The number of hydrogen-bond acceptors (Lipinski definition) is 1. The number of fused-ring (bicyclic) bond motifs is 3. The monoisotopic (exact) mass is 1200 g/mol. The van der Waals surface area contributed by atoms with Crippen LogP contribution in [-0.4, -0.2) is 0 Å². The highest BCUT2D eigenvalue weighted by Crippen LogP contribution is 2.49. The van der Waals surface area contributed by atoms with Gasteiger partial charge in [-0.2, -0.15) is 0 Å². The van der Waals surface area contributed by atoms with Gasteiger partial charge in [0.25, 0.3) is 0 Å². The highest BCUT2D eigenvalue weighted by atomic mass is 16.3. The summed E-state index contributed by atoms with van der Waals surface area (Å²) in [6, 6.07) is 116. The Kier molecular flexibility index (Phi) is 11.5. The Morgan fingerprint density at radius 2 is 0.558 bits per heavy atom. The molecule has 1 heteroatoms. The first-order valence-electron chi connectivity index (χ1n) is 33.3. The fourth-order valence-corrected chi connectivity index (χ4v) is 16.3. The molecule has 0 aliphatic heterocycles. The zero-order valence-corrected chi connectivity index (χ0v) is 52.9. The van der Waals surface area contributed by atoms with E-state index in [1.807, 2.05) is 0 Å². The fourth-order valence-electron chi connectivity index (χ4n) is 16.3. The van der Waals surface area contributed by atoms with Crippen molar-refractivity contribution in [1.82, 2.24) is 0 Å². The van der Waals surface area contributed by atoms with Gasteiger partial charge in [0.1, 0.15) is 11.2 Å². The van der Waals surface area contributed by atoms with E-state index in [1.165, 1.54) is 180 Å². The minimum Gasteiger partial charge on any atom is -0.455 e. The van der Waals surface area contributed by atoms with Crippen LogP contribution in [0.5, 0.6) is 0 Å². The molecule has 0 N–H and O–H groups in total. The van der Waals surface area contributed by atoms with E-state index in [-0.39, 0.29) is 5.41 Å². The molecule has 19 aromatic carbocycles. The third-order valence-corrected chi connectivity index (χ3v) is 21.1. The van der Waals surface area contributed by atoms with Crippen LogP contribution in [0.3, 0.4) is 0 Å². The van der Waals surface area contributed by atoms with Crippen LogP contribution in [0.1, 0.15) is 26.3 Å². The van der Waals surface area contributed by atoms with Gasteiger partial charge in [0, 0.05) is 16.3 Å². The number of hydrogen-bond donors (Lipinski definition) is 0. The fraction of sp³-hybridized carbons (Fsp3) is 0.0426. The van der Waals surface area contributed by atoms with E-state index in [2.05, 4.69) is 330 Å². The van der Waals surface area contributed by atoms with Crippen LogP contribution in [0.25, 0.3) is 208 Å². The Labute approximate surface area is 550 Å². The molecule has 0 bridgehead atoms. The smallest absolute Gasteiger partial charge is 0.143 e. The molecule has 0 saturated heterocycles. The van der Waals surface area contributed by atoms with Crippen molar-refractivity contribution in [3.8, 4) is 89.0 Å². The second kappa shape index (κ2) is 20.3. The quantitative estimate of drug-likeness (QED) is 0.138. The van der Waals surface area contributed by atoms with E-state index in [1.54, 1.807) is 0 Å². The predicted molar refractivity (Wildman–Crippen MR) is 407 cm³/mol. The van der Waals surface area contributed by atoms with E-state index < -0.39 is 0 Å². The van der Waals surface area contributed by atoms with Crippen LogP contribution in [0, 0.1) is 0 Å². The average Bonchev–Trinajstić information content (AvgIpc) is 1.19. The Morgan fingerprint density at radius 3 is 1.05 bits per heavy atom. The largest absolute Gasteiger partial charge is 0.455 e. The minimum absolute atomic E-state index is 0.0300. The van der Waals surface area contributed by atoms with Gasteiger partial charge in [-0.3, -0.25) is 0 Å². The van der Waals surface area contributed by atoms with E-state index >= 15 is 0 Å². The molecule has 0 unspecified atom stereocenters. The minimum atomic E-state index is 0.0300. The summed E-state index contributed by atoms with van der Waals surface area (Å²) < 4.78 is 6.92. The van der Waals surface area contributed by atoms with Crippen LogP contribution in [0.2, 0.25) is 0 Å². The third-order valence-electron chi connectivity index (χ3n) is 21.1. The first kappa shape index (κ1) is 53.7. The highest BCUT2D eigenvalue weighted by molar-refractivity contribution is 6.30. The van der Waals surface area contributed by atoms with Crippen molar-refractivity contribution >= 4 is 119 Å². The molecule has 20 rings (SSSR count). The van der Waals surface area contributed by atoms with Crippen LogP contribution in [0.4, 0.5) is 0 Å². The third kappa shape index (κ3) is 8.29. The van der Waals surface area contributed by atoms with E-state index in [9.17, 15) is 0 Å². The lowest BCUT2D eigenvalue weighted by atomic mass is 9.81. The standard InChI is InChI=1S/C94H60O/c1-94(2,3)72-51-70-39-48-80-83(62-25-19-56(20-26-62)55-9-5-4-6-10-55)54-84(81-49-40-71(52-72)88(70)92(80)81)63-29-27-61(28-30-63)76-13-8-14-82-85-53-69(41-50-86(85)95-93(76)82)75-44-35-68-37-46-78-74(43-34-67-38-47-79(75)91(68)90(67)78)60-23-17-58(18-24-60)57-15-21-59(22-16-57)73-42-33-66-32-31-64-11-7-12-65-36-45-77(73)89(66)87(64)65/h4-54H,1-3H3. The first-order valence-corrected chi connectivity index (χ1v) is 33.3. The second-order valence-electron chi connectivity index (χ2n) is 27.4. The van der Waals surface area contributed by atoms with Gasteiger partial charge < -0.3 is 4.42 Å². The Hall–Kier alpha value is -11.9. The molecule has 0 atom stereocenters. The Morgan fingerprint density at radius 1 is 0.200 bits per heavy atom. The van der Waals surface area contributed by atoms with Crippen LogP contribution in [0.15, 0.2) is 314 Å². The van der Waals surface area contributed by atoms with Gasteiger partial charge in [0.2, 0.25) is 0 Å². The summed E-state index contributed by atoms with van der Waals surface area (Å²) in [5.41, 5.74) is 22.4. The summed E-state index contributed by atoms with van der Waals surface area (Å²) in [5.74, 6) is 0. The molecule has 0 saturated carbocycles. The molecule has 0 aliphatic carbocycles. The highest BCUT2D eigenvalue weighted by Gasteiger charge is 2.23. The summed E-state index contributed by atoms with van der Waals surface area (Å²) in [5, 5.41) is 25.5. The van der Waals surface area contributed by atoms with Gasteiger partial charge >= 0.3 is 0 Å². The van der Waals surface area contributed by atoms with Crippen molar-refractivity contribution < 1.29 is 4.42 Å². The maximum Gasteiger partial charge on any atom is 0.143 e. The molecule has 0 spiro atoms. The van der Waals surface area contributed by atoms with E-state index in [0.717, 1.165) is 33.1 Å². The zero-order valence-electron chi connectivity index (χ0n) is 52.9. The lowest BCUT2D eigenvalue weighted by Crippen LogP contribution is -2.10. The van der Waals surface area contributed by atoms with E-state index in [4.69, 9.17) is 4.42 Å². The molecule has 95 heavy (non-hydrogen) atoms. The molecule has 0 amide bonds. The predicted octanol–water partition coefficient (Wildman–Crippen LogP) is 26.9. The Balaban J connectivity index is 0.627. The van der Waals surface area contributed by atoms with Crippen molar-refractivity contribution in [1.29, 1.82) is 0 Å². The normalized spacial score (nSPS) is 12.4. The van der Waals surface area contributed by atoms with Crippen molar-refractivity contribution in [2.75, 3.05) is 0 Å². The van der Waals surface area contributed by atoms with Gasteiger partial charge in [0.15, 0.2) is 0 Å². The van der Waals surface area contributed by atoms with Gasteiger partial charge in [0.05, 0.1) is 0 Å². The molecule has 1 heterocycles. The number of furan rings is 1.